The van der Waals surface area contributed by atoms with Gasteiger partial charge in [0.25, 0.3) is 5.91 Å². The minimum Gasteiger partial charge on any atom is -0.492 e. The van der Waals surface area contributed by atoms with Gasteiger partial charge >= 0.3 is 0 Å². The predicted molar refractivity (Wildman–Crippen MR) is 94.8 cm³/mol. The van der Waals surface area contributed by atoms with Crippen LogP contribution in [0.25, 0.3) is 11.0 Å². The van der Waals surface area contributed by atoms with E-state index in [0.717, 1.165) is 10.9 Å². The Hall–Kier alpha value is -2.53. The quantitative estimate of drug-likeness (QED) is 0.662. The first-order valence-corrected chi connectivity index (χ1v) is 8.16. The number of ether oxygens (including phenoxy) is 1. The van der Waals surface area contributed by atoms with Crippen LogP contribution in [0.3, 0.4) is 0 Å². The molecule has 4 nitrogen and oxygen atoms in total. The van der Waals surface area contributed by atoms with Crippen molar-refractivity contribution >= 4 is 28.5 Å². The zero-order valence-corrected chi connectivity index (χ0v) is 14.6. The van der Waals surface area contributed by atoms with Crippen molar-refractivity contribution in [3.05, 3.63) is 64.6 Å². The van der Waals surface area contributed by atoms with Gasteiger partial charge in [0.05, 0.1) is 11.6 Å². The molecule has 6 heteroatoms. The first-order valence-electron chi connectivity index (χ1n) is 7.79. The Labute approximate surface area is 149 Å². The number of amides is 1. The third-order valence-electron chi connectivity index (χ3n) is 3.97. The summed E-state index contributed by atoms with van der Waals surface area (Å²) in [4.78, 5) is 14.1. The molecule has 0 spiro atoms. The molecule has 3 rings (SSSR count). The summed E-state index contributed by atoms with van der Waals surface area (Å²) in [5, 5.41) is 1.30. The average molecular weight is 362 g/mol. The molecule has 0 radical (unpaired) electrons. The van der Waals surface area contributed by atoms with Crippen molar-refractivity contribution in [3.63, 3.8) is 0 Å². The molecule has 0 bridgehead atoms. The Morgan fingerprint density at radius 3 is 2.64 bits per heavy atom. The van der Waals surface area contributed by atoms with E-state index in [4.69, 9.17) is 20.8 Å². The number of halogens is 2. The molecule has 3 aromatic rings. The maximum atomic E-state index is 12.9. The molecule has 0 saturated carbocycles. The van der Waals surface area contributed by atoms with Crippen LogP contribution in [0.4, 0.5) is 4.39 Å². The number of carbonyl (C=O) groups is 1. The number of aryl methyl sites for hydroxylation is 1. The van der Waals surface area contributed by atoms with E-state index >= 15 is 0 Å². The van der Waals surface area contributed by atoms with Gasteiger partial charge in [-0.1, -0.05) is 23.7 Å². The van der Waals surface area contributed by atoms with Crippen molar-refractivity contribution in [3.8, 4) is 5.75 Å². The predicted octanol–water partition coefficient (Wildman–Crippen LogP) is 4.68. The molecule has 1 aromatic heterocycles. The summed E-state index contributed by atoms with van der Waals surface area (Å²) in [6.45, 7) is 2.48. The van der Waals surface area contributed by atoms with Gasteiger partial charge in [0.2, 0.25) is 0 Å². The number of likely N-dealkylation sites (N-methyl/N-ethyl adjacent to an activating group) is 1. The number of hydrogen-bond donors (Lipinski definition) is 0. The van der Waals surface area contributed by atoms with Gasteiger partial charge in [-0.2, -0.15) is 0 Å². The summed E-state index contributed by atoms with van der Waals surface area (Å²) >= 11 is 6.12. The first-order chi connectivity index (χ1) is 12.0. The number of carbonyl (C=O) groups excluding carboxylic acids is 1. The molecule has 1 amide bonds. The molecule has 0 atom stereocenters. The van der Waals surface area contributed by atoms with Crippen molar-refractivity contribution in [1.82, 2.24) is 4.90 Å². The molecule has 0 aliphatic carbocycles. The molecule has 2 aromatic carbocycles. The zero-order chi connectivity index (χ0) is 18.0. The molecule has 0 N–H and O–H groups in total. The fourth-order valence-electron chi connectivity index (χ4n) is 2.52. The van der Waals surface area contributed by atoms with E-state index in [0.29, 0.717) is 22.9 Å². The standard InChI is InChI=1S/C19H17ClFNO3/c1-12-15-4-3-5-16(20)18(15)25-17(12)19(23)22(2)10-11-24-14-8-6-13(21)7-9-14/h3-9H,10-11H2,1-2H3. The number of para-hydroxylation sites is 1. The van der Waals surface area contributed by atoms with E-state index in [1.165, 1.54) is 17.0 Å². The van der Waals surface area contributed by atoms with Crippen molar-refractivity contribution in [1.29, 1.82) is 0 Å². The van der Waals surface area contributed by atoms with Gasteiger partial charge in [-0.15, -0.1) is 0 Å². The average Bonchev–Trinajstić information content (AvgIpc) is 2.94. The molecule has 130 valence electrons. The highest BCUT2D eigenvalue weighted by molar-refractivity contribution is 6.35. The lowest BCUT2D eigenvalue weighted by Gasteiger charge is -2.16. The fourth-order valence-corrected chi connectivity index (χ4v) is 2.73. The molecular weight excluding hydrogens is 345 g/mol. The molecule has 0 fully saturated rings. The third-order valence-corrected chi connectivity index (χ3v) is 4.26. The molecule has 0 unspecified atom stereocenters. The lowest BCUT2D eigenvalue weighted by Crippen LogP contribution is -2.31. The molecule has 0 saturated heterocycles. The zero-order valence-electron chi connectivity index (χ0n) is 13.9. The normalized spacial score (nSPS) is 10.9. The van der Waals surface area contributed by atoms with Crippen molar-refractivity contribution in [2.24, 2.45) is 0 Å². The fraction of sp³-hybridized carbons (Fsp3) is 0.211. The van der Waals surface area contributed by atoms with Gasteiger partial charge < -0.3 is 14.1 Å². The summed E-state index contributed by atoms with van der Waals surface area (Å²) in [7, 11) is 1.67. The van der Waals surface area contributed by atoms with Crippen LogP contribution in [0.5, 0.6) is 5.75 Å². The molecule has 25 heavy (non-hydrogen) atoms. The smallest absolute Gasteiger partial charge is 0.289 e. The molecule has 0 aliphatic heterocycles. The van der Waals surface area contributed by atoms with Gasteiger partial charge in [-0.3, -0.25) is 4.79 Å². The van der Waals surface area contributed by atoms with Crippen LogP contribution < -0.4 is 4.74 Å². The second kappa shape index (κ2) is 7.15. The van der Waals surface area contributed by atoms with Gasteiger partial charge in [-0.25, -0.2) is 4.39 Å². The number of nitrogens with zero attached hydrogens (tertiary/aromatic N) is 1. The SMILES string of the molecule is Cc1c(C(=O)N(C)CCOc2ccc(F)cc2)oc2c(Cl)cccc12. The number of rotatable bonds is 5. The maximum absolute atomic E-state index is 12.9. The Morgan fingerprint density at radius 1 is 1.24 bits per heavy atom. The van der Waals surface area contributed by atoms with Crippen LogP contribution in [0, 0.1) is 12.7 Å². The highest BCUT2D eigenvalue weighted by Crippen LogP contribution is 2.31. The highest BCUT2D eigenvalue weighted by Gasteiger charge is 2.21. The monoisotopic (exact) mass is 361 g/mol. The van der Waals surface area contributed by atoms with Crippen molar-refractivity contribution < 1.29 is 18.3 Å². The number of fused-ring (bicyclic) bond motifs is 1. The lowest BCUT2D eigenvalue weighted by molar-refractivity contribution is 0.0744. The number of benzene rings is 2. The second-order valence-corrected chi connectivity index (χ2v) is 6.11. The maximum Gasteiger partial charge on any atom is 0.289 e. The van der Waals surface area contributed by atoms with Gasteiger partial charge in [0.15, 0.2) is 11.3 Å². The van der Waals surface area contributed by atoms with E-state index in [2.05, 4.69) is 0 Å². The summed E-state index contributed by atoms with van der Waals surface area (Å²) in [6, 6.07) is 11.2. The van der Waals surface area contributed by atoms with E-state index < -0.39 is 0 Å². The van der Waals surface area contributed by atoms with Crippen LogP contribution in [0.15, 0.2) is 46.9 Å². The van der Waals surface area contributed by atoms with Gasteiger partial charge in [-0.05, 0) is 37.3 Å². The minimum atomic E-state index is -0.321. The molecule has 0 aliphatic rings. The first kappa shape index (κ1) is 17.3. The Balaban J connectivity index is 1.67. The van der Waals surface area contributed by atoms with Crippen LogP contribution in [0.1, 0.15) is 16.1 Å². The van der Waals surface area contributed by atoms with Crippen LogP contribution in [-0.2, 0) is 0 Å². The molecule has 1 heterocycles. The Bertz CT molecular complexity index is 905. The van der Waals surface area contributed by atoms with Gasteiger partial charge in [0.1, 0.15) is 18.2 Å². The largest absolute Gasteiger partial charge is 0.492 e. The Kier molecular flexibility index (Phi) is 4.95. The van der Waals surface area contributed by atoms with Crippen LogP contribution >= 0.6 is 11.6 Å². The van der Waals surface area contributed by atoms with Crippen molar-refractivity contribution in [2.75, 3.05) is 20.2 Å². The third kappa shape index (κ3) is 3.61. The second-order valence-electron chi connectivity index (χ2n) is 5.70. The van der Waals surface area contributed by atoms with E-state index in [1.54, 1.807) is 25.2 Å². The summed E-state index contributed by atoms with van der Waals surface area (Å²) in [6.07, 6.45) is 0. The van der Waals surface area contributed by atoms with Crippen LogP contribution in [-0.4, -0.2) is 31.0 Å². The van der Waals surface area contributed by atoms with E-state index in [-0.39, 0.29) is 24.1 Å². The Morgan fingerprint density at radius 2 is 1.96 bits per heavy atom. The minimum absolute atomic E-state index is 0.243. The van der Waals surface area contributed by atoms with E-state index in [9.17, 15) is 9.18 Å². The number of hydrogen-bond acceptors (Lipinski definition) is 3. The van der Waals surface area contributed by atoms with Crippen LogP contribution in [0.2, 0.25) is 5.02 Å². The van der Waals surface area contributed by atoms with Crippen molar-refractivity contribution in [2.45, 2.75) is 6.92 Å². The topological polar surface area (TPSA) is 42.7 Å². The summed E-state index contributed by atoms with van der Waals surface area (Å²) < 4.78 is 24.1. The molecular formula is C19H17ClFNO3. The summed E-state index contributed by atoms with van der Waals surface area (Å²) in [5.74, 6) is 0.257. The lowest BCUT2D eigenvalue weighted by atomic mass is 10.1. The van der Waals surface area contributed by atoms with E-state index in [1.807, 2.05) is 19.1 Å². The number of furan rings is 1. The van der Waals surface area contributed by atoms with Gasteiger partial charge in [0, 0.05) is 18.0 Å². The highest BCUT2D eigenvalue weighted by atomic mass is 35.5. The summed E-state index contributed by atoms with van der Waals surface area (Å²) in [5.41, 5.74) is 1.27.